The zero-order chi connectivity index (χ0) is 11.5. The number of Topliss-reactive ketones (excluding diaryl/α,β-unsaturated/α-hetero) is 1. The fourth-order valence-corrected chi connectivity index (χ4v) is 1.61. The summed E-state index contributed by atoms with van der Waals surface area (Å²) in [7, 11) is 0. The first kappa shape index (κ1) is 10.4. The van der Waals surface area contributed by atoms with E-state index in [0.29, 0.717) is 5.56 Å². The predicted molar refractivity (Wildman–Crippen MR) is 57.7 cm³/mol. The van der Waals surface area contributed by atoms with Crippen molar-refractivity contribution in [1.82, 2.24) is 0 Å². The standard InChI is InChI=1S/C13H10O3/c14-12(13(15)16)8-9-5-6-10-3-1-2-4-11(10)7-9/h1-7H,8H2,(H,15,16)/p-1. The van der Waals surface area contributed by atoms with Gasteiger partial charge in [0.2, 0.25) is 0 Å². The molecule has 0 N–H and O–H groups in total. The van der Waals surface area contributed by atoms with Crippen molar-refractivity contribution in [1.29, 1.82) is 0 Å². The highest BCUT2D eigenvalue weighted by atomic mass is 16.4. The lowest BCUT2D eigenvalue weighted by Crippen LogP contribution is -2.32. The van der Waals surface area contributed by atoms with Gasteiger partial charge in [0.1, 0.15) is 5.97 Å². The van der Waals surface area contributed by atoms with Gasteiger partial charge >= 0.3 is 0 Å². The van der Waals surface area contributed by atoms with Crippen molar-refractivity contribution in [3.05, 3.63) is 48.0 Å². The van der Waals surface area contributed by atoms with Crippen LogP contribution < -0.4 is 5.11 Å². The van der Waals surface area contributed by atoms with E-state index in [1.807, 2.05) is 36.4 Å². The second-order valence-electron chi connectivity index (χ2n) is 3.57. The number of benzene rings is 2. The average molecular weight is 213 g/mol. The monoisotopic (exact) mass is 213 g/mol. The molecule has 2 rings (SSSR count). The van der Waals surface area contributed by atoms with Gasteiger partial charge < -0.3 is 9.90 Å². The molecule has 0 aliphatic heterocycles. The number of carboxylic acid groups (broad SMARTS) is 1. The van der Waals surface area contributed by atoms with Crippen LogP contribution in [-0.2, 0) is 16.0 Å². The summed E-state index contributed by atoms with van der Waals surface area (Å²) in [5, 5.41) is 12.4. The van der Waals surface area contributed by atoms with Crippen molar-refractivity contribution in [2.24, 2.45) is 0 Å². The molecule has 0 fully saturated rings. The van der Waals surface area contributed by atoms with Gasteiger partial charge in [0.25, 0.3) is 0 Å². The minimum Gasteiger partial charge on any atom is -0.542 e. The summed E-state index contributed by atoms with van der Waals surface area (Å²) in [5.74, 6) is -2.52. The van der Waals surface area contributed by atoms with E-state index in [0.717, 1.165) is 10.8 Å². The summed E-state index contributed by atoms with van der Waals surface area (Å²) in [6, 6.07) is 13.1. The summed E-state index contributed by atoms with van der Waals surface area (Å²) >= 11 is 0. The molecule has 0 amide bonds. The maximum atomic E-state index is 11.0. The van der Waals surface area contributed by atoms with E-state index in [2.05, 4.69) is 0 Å². The molecule has 0 saturated heterocycles. The zero-order valence-corrected chi connectivity index (χ0v) is 8.47. The summed E-state index contributed by atoms with van der Waals surface area (Å²) in [4.78, 5) is 21.3. The van der Waals surface area contributed by atoms with Crippen molar-refractivity contribution in [2.45, 2.75) is 6.42 Å². The van der Waals surface area contributed by atoms with E-state index in [-0.39, 0.29) is 6.42 Å². The number of hydrogen-bond donors (Lipinski definition) is 0. The lowest BCUT2D eigenvalue weighted by atomic mass is 10.0. The number of fused-ring (bicyclic) bond motifs is 1. The normalized spacial score (nSPS) is 10.2. The summed E-state index contributed by atoms with van der Waals surface area (Å²) < 4.78 is 0. The molecule has 3 nitrogen and oxygen atoms in total. The van der Waals surface area contributed by atoms with Crippen molar-refractivity contribution in [3.63, 3.8) is 0 Å². The van der Waals surface area contributed by atoms with Crippen LogP contribution in [0.3, 0.4) is 0 Å². The fourth-order valence-electron chi connectivity index (χ4n) is 1.61. The van der Waals surface area contributed by atoms with Crippen LogP contribution in [0.4, 0.5) is 0 Å². The lowest BCUT2D eigenvalue weighted by Gasteiger charge is -2.03. The lowest BCUT2D eigenvalue weighted by molar-refractivity contribution is -0.299. The Labute approximate surface area is 92.3 Å². The molecule has 0 aliphatic rings. The highest BCUT2D eigenvalue weighted by Gasteiger charge is 2.04. The van der Waals surface area contributed by atoms with Crippen LogP contribution in [0, 0.1) is 0 Å². The third kappa shape index (κ3) is 2.08. The van der Waals surface area contributed by atoms with Gasteiger partial charge in [-0.2, -0.15) is 0 Å². The maximum Gasteiger partial charge on any atom is 0.182 e. The van der Waals surface area contributed by atoms with Gasteiger partial charge in [0.15, 0.2) is 5.78 Å². The predicted octanol–water partition coefficient (Wildman–Crippen LogP) is 0.701. The quantitative estimate of drug-likeness (QED) is 0.705. The Balaban J connectivity index is 2.33. The second-order valence-corrected chi connectivity index (χ2v) is 3.57. The topological polar surface area (TPSA) is 57.2 Å². The van der Waals surface area contributed by atoms with E-state index in [1.165, 1.54) is 0 Å². The Morgan fingerprint density at radius 1 is 1.00 bits per heavy atom. The molecule has 0 saturated carbocycles. The van der Waals surface area contributed by atoms with Crippen LogP contribution >= 0.6 is 0 Å². The molecule has 0 unspecified atom stereocenters. The van der Waals surface area contributed by atoms with Gasteiger partial charge in [-0.15, -0.1) is 0 Å². The van der Waals surface area contributed by atoms with Crippen LogP contribution in [0.15, 0.2) is 42.5 Å². The molecule has 16 heavy (non-hydrogen) atoms. The molecule has 2 aromatic rings. The number of carbonyl (C=O) groups is 2. The number of carboxylic acids is 1. The van der Waals surface area contributed by atoms with E-state index >= 15 is 0 Å². The number of ketones is 1. The van der Waals surface area contributed by atoms with Gasteiger partial charge in [0, 0.05) is 6.42 Å². The van der Waals surface area contributed by atoms with E-state index in [9.17, 15) is 14.7 Å². The Hall–Kier alpha value is -2.16. The summed E-state index contributed by atoms with van der Waals surface area (Å²) in [5.41, 5.74) is 0.688. The SMILES string of the molecule is O=C([O-])C(=O)Cc1ccc2ccccc2c1. The Kier molecular flexibility index (Phi) is 2.68. The third-order valence-electron chi connectivity index (χ3n) is 2.41. The molecular formula is C13H9O3-. The highest BCUT2D eigenvalue weighted by Crippen LogP contribution is 2.15. The van der Waals surface area contributed by atoms with Crippen LogP contribution in [0.25, 0.3) is 10.8 Å². The second kappa shape index (κ2) is 4.14. The van der Waals surface area contributed by atoms with Crippen LogP contribution in [0.5, 0.6) is 0 Å². The number of rotatable bonds is 3. The van der Waals surface area contributed by atoms with Crippen LogP contribution in [0.2, 0.25) is 0 Å². The Morgan fingerprint density at radius 3 is 2.38 bits per heavy atom. The highest BCUT2D eigenvalue weighted by molar-refractivity contribution is 6.32. The van der Waals surface area contributed by atoms with Gasteiger partial charge in [-0.25, -0.2) is 0 Å². The molecule has 0 heterocycles. The van der Waals surface area contributed by atoms with Gasteiger partial charge in [-0.1, -0.05) is 42.5 Å². The van der Waals surface area contributed by atoms with Crippen molar-refractivity contribution < 1.29 is 14.7 Å². The Morgan fingerprint density at radius 2 is 1.69 bits per heavy atom. The molecule has 0 spiro atoms. The molecule has 0 atom stereocenters. The first-order valence-corrected chi connectivity index (χ1v) is 4.88. The first-order chi connectivity index (χ1) is 7.66. The average Bonchev–Trinajstić information content (AvgIpc) is 2.28. The van der Waals surface area contributed by atoms with Crippen LogP contribution in [0.1, 0.15) is 5.56 Å². The first-order valence-electron chi connectivity index (χ1n) is 4.88. The fraction of sp³-hybridized carbons (Fsp3) is 0.0769. The molecule has 0 bridgehead atoms. The number of carbonyl (C=O) groups excluding carboxylic acids is 2. The number of hydrogen-bond acceptors (Lipinski definition) is 3. The van der Waals surface area contributed by atoms with Gasteiger partial charge in [-0.3, -0.25) is 4.79 Å². The van der Waals surface area contributed by atoms with Crippen molar-refractivity contribution in [3.8, 4) is 0 Å². The zero-order valence-electron chi connectivity index (χ0n) is 8.47. The number of aliphatic carboxylic acids is 1. The van der Waals surface area contributed by atoms with E-state index < -0.39 is 11.8 Å². The molecule has 3 heteroatoms. The minimum atomic E-state index is -1.63. The minimum absolute atomic E-state index is 0.118. The molecular weight excluding hydrogens is 204 g/mol. The molecule has 0 aliphatic carbocycles. The summed E-state index contributed by atoms with van der Waals surface area (Å²) in [6.07, 6.45) is -0.118. The van der Waals surface area contributed by atoms with E-state index in [4.69, 9.17) is 0 Å². The Bertz CT molecular complexity index is 558. The van der Waals surface area contributed by atoms with Crippen molar-refractivity contribution >= 4 is 22.5 Å². The molecule has 0 aromatic heterocycles. The molecule has 0 radical (unpaired) electrons. The molecule has 80 valence electrons. The maximum absolute atomic E-state index is 11.0. The smallest absolute Gasteiger partial charge is 0.182 e. The van der Waals surface area contributed by atoms with Crippen LogP contribution in [-0.4, -0.2) is 11.8 Å². The summed E-state index contributed by atoms with van der Waals surface area (Å²) in [6.45, 7) is 0. The largest absolute Gasteiger partial charge is 0.542 e. The van der Waals surface area contributed by atoms with Gasteiger partial charge in [0.05, 0.1) is 0 Å². The van der Waals surface area contributed by atoms with E-state index in [1.54, 1.807) is 6.07 Å². The van der Waals surface area contributed by atoms with Crippen molar-refractivity contribution in [2.75, 3.05) is 0 Å². The van der Waals surface area contributed by atoms with Gasteiger partial charge in [-0.05, 0) is 16.3 Å². The third-order valence-corrected chi connectivity index (χ3v) is 2.41. The molecule has 2 aromatic carbocycles.